The fraction of sp³-hybridized carbons (Fsp3) is 0.429. The fourth-order valence-corrected chi connectivity index (χ4v) is 2.91. The topological polar surface area (TPSA) is 84.9 Å². The molecule has 1 rings (SSSR count). The van der Waals surface area contributed by atoms with Gasteiger partial charge < -0.3 is 19.9 Å². The molecule has 0 aliphatic rings. The summed E-state index contributed by atoms with van der Waals surface area (Å²) < 4.78 is 10.8. The highest BCUT2D eigenvalue weighted by Gasteiger charge is 2.16. The largest absolute Gasteiger partial charge is 0.507 e. The van der Waals surface area contributed by atoms with Crippen LogP contribution < -0.4 is 5.32 Å². The highest BCUT2D eigenvalue weighted by atomic mass is 16.5. The van der Waals surface area contributed by atoms with Gasteiger partial charge in [-0.25, -0.2) is 4.79 Å². The lowest BCUT2D eigenvalue weighted by Gasteiger charge is -2.15. The molecule has 6 heteroatoms. The zero-order valence-corrected chi connectivity index (χ0v) is 20.4. The predicted molar refractivity (Wildman–Crippen MR) is 137 cm³/mol. The Hall–Kier alpha value is -3.12. The van der Waals surface area contributed by atoms with Crippen molar-refractivity contribution in [2.45, 2.75) is 58.5 Å². The van der Waals surface area contributed by atoms with Crippen LogP contribution >= 0.6 is 0 Å². The van der Waals surface area contributed by atoms with Gasteiger partial charge in [0.2, 0.25) is 5.91 Å². The van der Waals surface area contributed by atoms with Crippen molar-refractivity contribution in [2.24, 2.45) is 0 Å². The smallest absolute Gasteiger partial charge is 0.341 e. The lowest BCUT2D eigenvalue weighted by Crippen LogP contribution is -2.38. The Morgan fingerprint density at radius 1 is 0.912 bits per heavy atom. The van der Waals surface area contributed by atoms with E-state index in [4.69, 9.17) is 9.47 Å². The van der Waals surface area contributed by atoms with Gasteiger partial charge in [-0.2, -0.15) is 0 Å². The molecule has 0 radical (unpaired) electrons. The molecule has 0 heterocycles. The highest BCUT2D eigenvalue weighted by molar-refractivity contribution is 5.92. The van der Waals surface area contributed by atoms with Crippen LogP contribution in [0.2, 0.25) is 0 Å². The van der Waals surface area contributed by atoms with Crippen LogP contribution in [0.5, 0.6) is 5.75 Å². The lowest BCUT2D eigenvalue weighted by molar-refractivity contribution is -0.133. The Kier molecular flexibility index (Phi) is 16.5. The van der Waals surface area contributed by atoms with E-state index < -0.39 is 12.1 Å². The number of ether oxygens (including phenoxy) is 2. The number of phenolic OH excluding ortho intramolecular Hbond substituents is 1. The van der Waals surface area contributed by atoms with Crippen molar-refractivity contribution in [3.63, 3.8) is 0 Å². The number of hydrogen-bond donors (Lipinski definition) is 2. The minimum absolute atomic E-state index is 0.0112. The average molecular weight is 470 g/mol. The summed E-state index contributed by atoms with van der Waals surface area (Å²) in [5.41, 5.74) is 0.0967. The molecule has 0 aliphatic carbocycles. The van der Waals surface area contributed by atoms with Gasteiger partial charge in [0.05, 0.1) is 13.2 Å². The van der Waals surface area contributed by atoms with E-state index >= 15 is 0 Å². The summed E-state index contributed by atoms with van der Waals surface area (Å²) in [5.74, 6) is -0.996. The van der Waals surface area contributed by atoms with Crippen molar-refractivity contribution in [1.29, 1.82) is 0 Å². The second kappa shape index (κ2) is 19.4. The molecule has 1 unspecified atom stereocenters. The molecule has 6 nitrogen and oxygen atoms in total. The highest BCUT2D eigenvalue weighted by Crippen LogP contribution is 2.16. The minimum Gasteiger partial charge on any atom is -0.507 e. The number of carbonyl (C=O) groups is 2. The monoisotopic (exact) mass is 469 g/mol. The van der Waals surface area contributed by atoms with Crippen LogP contribution in [0.1, 0.15) is 62.7 Å². The summed E-state index contributed by atoms with van der Waals surface area (Å²) in [7, 11) is 0. The number of esters is 1. The second-order valence-corrected chi connectivity index (χ2v) is 7.50. The van der Waals surface area contributed by atoms with Crippen molar-refractivity contribution in [2.75, 3.05) is 19.8 Å². The van der Waals surface area contributed by atoms with Gasteiger partial charge in [-0.15, -0.1) is 0 Å². The molecule has 0 saturated heterocycles. The van der Waals surface area contributed by atoms with Gasteiger partial charge in [0.1, 0.15) is 24.0 Å². The van der Waals surface area contributed by atoms with E-state index in [1.165, 1.54) is 12.1 Å². The van der Waals surface area contributed by atoms with Crippen LogP contribution in [0.15, 0.2) is 72.9 Å². The molecule has 0 fully saturated rings. The molecule has 34 heavy (non-hydrogen) atoms. The SMILES string of the molecule is CCC=CCC=CCC=CCC=CCCOC(CC)C(=O)NCCOC(=O)c1ccccc1O. The lowest BCUT2D eigenvalue weighted by atomic mass is 10.2. The number of allylic oxidation sites excluding steroid dienone is 7. The van der Waals surface area contributed by atoms with E-state index in [1.807, 2.05) is 6.92 Å². The van der Waals surface area contributed by atoms with E-state index in [0.717, 1.165) is 32.1 Å². The number of nitrogens with one attached hydrogen (secondary N) is 1. The van der Waals surface area contributed by atoms with Crippen LogP contribution in [-0.2, 0) is 14.3 Å². The summed E-state index contributed by atoms with van der Waals surface area (Å²) >= 11 is 0. The Balaban J connectivity index is 2.14. The predicted octanol–water partition coefficient (Wildman–Crippen LogP) is 5.66. The molecule has 2 N–H and O–H groups in total. The average Bonchev–Trinajstić information content (AvgIpc) is 2.84. The van der Waals surface area contributed by atoms with E-state index in [1.54, 1.807) is 12.1 Å². The van der Waals surface area contributed by atoms with E-state index in [0.29, 0.717) is 13.0 Å². The molecule has 1 amide bonds. The van der Waals surface area contributed by atoms with Crippen molar-refractivity contribution in [1.82, 2.24) is 5.32 Å². The van der Waals surface area contributed by atoms with Crippen molar-refractivity contribution < 1.29 is 24.2 Å². The maximum atomic E-state index is 12.3. The van der Waals surface area contributed by atoms with Gasteiger partial charge in [0.25, 0.3) is 0 Å². The van der Waals surface area contributed by atoms with Crippen LogP contribution in [0, 0.1) is 0 Å². The first-order chi connectivity index (χ1) is 16.6. The molecule has 0 bridgehead atoms. The standard InChI is InChI=1S/C28H39NO5/c1-3-5-6-7-8-9-10-11-12-13-14-15-18-22-33-26(4-2)27(31)29-21-23-34-28(32)24-19-16-17-20-25(24)30/h5-6,8-9,11-12,14-17,19-20,26,30H,3-4,7,10,13,18,21-23H2,1-2H3,(H,29,31). The molecule has 1 aromatic carbocycles. The van der Waals surface area contributed by atoms with E-state index in [-0.39, 0.29) is 30.4 Å². The zero-order valence-electron chi connectivity index (χ0n) is 20.4. The number of carbonyl (C=O) groups excluding carboxylic acids is 2. The van der Waals surface area contributed by atoms with Gasteiger partial charge in [0.15, 0.2) is 0 Å². The van der Waals surface area contributed by atoms with Crippen LogP contribution in [0.25, 0.3) is 0 Å². The van der Waals surface area contributed by atoms with Gasteiger partial charge in [-0.1, -0.05) is 74.6 Å². The van der Waals surface area contributed by atoms with Crippen LogP contribution in [-0.4, -0.2) is 42.8 Å². The molecule has 0 aliphatic heterocycles. The van der Waals surface area contributed by atoms with E-state index in [2.05, 4.69) is 60.8 Å². The number of amides is 1. The third-order valence-electron chi connectivity index (χ3n) is 4.74. The Labute approximate surface area is 204 Å². The molecular formula is C28H39NO5. The van der Waals surface area contributed by atoms with Crippen LogP contribution in [0.4, 0.5) is 0 Å². The summed E-state index contributed by atoms with van der Waals surface area (Å²) in [4.78, 5) is 24.2. The quantitative estimate of drug-likeness (QED) is 0.175. The molecule has 0 spiro atoms. The third-order valence-corrected chi connectivity index (χ3v) is 4.74. The Morgan fingerprint density at radius 3 is 2.15 bits per heavy atom. The van der Waals surface area contributed by atoms with Crippen molar-refractivity contribution in [3.05, 3.63) is 78.4 Å². The van der Waals surface area contributed by atoms with Gasteiger partial charge >= 0.3 is 5.97 Å². The van der Waals surface area contributed by atoms with Gasteiger partial charge in [-0.3, -0.25) is 4.79 Å². The van der Waals surface area contributed by atoms with Gasteiger partial charge in [-0.05, 0) is 50.7 Å². The number of rotatable bonds is 17. The third kappa shape index (κ3) is 13.4. The number of aromatic hydroxyl groups is 1. The van der Waals surface area contributed by atoms with E-state index in [9.17, 15) is 14.7 Å². The summed E-state index contributed by atoms with van der Waals surface area (Å²) in [5, 5.41) is 12.4. The summed E-state index contributed by atoms with van der Waals surface area (Å²) in [6.45, 7) is 4.67. The molecule has 1 atom stereocenters. The first-order valence-electron chi connectivity index (χ1n) is 12.0. The first kappa shape index (κ1) is 28.9. The number of benzene rings is 1. The molecular weight excluding hydrogens is 430 g/mol. The molecule has 186 valence electrons. The summed E-state index contributed by atoms with van der Waals surface area (Å²) in [6.07, 6.45) is 21.8. The molecule has 0 aromatic heterocycles. The number of para-hydroxylation sites is 1. The first-order valence-corrected chi connectivity index (χ1v) is 12.0. The number of phenols is 1. The maximum Gasteiger partial charge on any atom is 0.341 e. The van der Waals surface area contributed by atoms with Crippen LogP contribution in [0.3, 0.4) is 0 Å². The minimum atomic E-state index is -0.631. The van der Waals surface area contributed by atoms with Crippen molar-refractivity contribution in [3.8, 4) is 5.75 Å². The van der Waals surface area contributed by atoms with Crippen molar-refractivity contribution >= 4 is 11.9 Å². The van der Waals surface area contributed by atoms with Gasteiger partial charge in [0, 0.05) is 0 Å². The summed E-state index contributed by atoms with van der Waals surface area (Å²) in [6, 6.07) is 6.16. The normalized spacial score (nSPS) is 12.8. The number of hydrogen-bond acceptors (Lipinski definition) is 5. The molecule has 0 saturated carbocycles. The maximum absolute atomic E-state index is 12.3. The Morgan fingerprint density at radius 2 is 1.53 bits per heavy atom. The zero-order chi connectivity index (χ0) is 24.9. The fourth-order valence-electron chi connectivity index (χ4n) is 2.91. The Bertz CT molecular complexity index is 826. The molecule has 1 aromatic rings. The second-order valence-electron chi connectivity index (χ2n) is 7.50.